The van der Waals surface area contributed by atoms with Gasteiger partial charge in [0.1, 0.15) is 11.4 Å². The molecule has 1 fully saturated rings. The van der Waals surface area contributed by atoms with Crippen LogP contribution in [-0.4, -0.2) is 37.7 Å². The normalized spacial score (nSPS) is 16.8. The van der Waals surface area contributed by atoms with Crippen molar-refractivity contribution in [1.82, 2.24) is 0 Å². The maximum absolute atomic E-state index is 12.4. The molecule has 0 aliphatic carbocycles. The summed E-state index contributed by atoms with van der Waals surface area (Å²) in [6.45, 7) is 4.58. The number of para-hydroxylation sites is 1. The minimum atomic E-state index is -0.295. The first-order chi connectivity index (χ1) is 14.4. The van der Waals surface area contributed by atoms with E-state index in [0.717, 1.165) is 18.4 Å². The lowest BCUT2D eigenvalue weighted by Gasteiger charge is -2.20. The van der Waals surface area contributed by atoms with Gasteiger partial charge in [0, 0.05) is 36.7 Å². The molecule has 0 unspecified atom stereocenters. The SMILES string of the molecule is COc1cc(NC(=O)COc2cccc3c2OC(C)(C)C3)ccc1N1CCCC1=O. The van der Waals surface area contributed by atoms with E-state index in [1.807, 2.05) is 26.0 Å². The molecular weight excluding hydrogens is 384 g/mol. The van der Waals surface area contributed by atoms with E-state index in [0.29, 0.717) is 41.6 Å². The zero-order chi connectivity index (χ0) is 21.3. The second kappa shape index (κ2) is 7.89. The van der Waals surface area contributed by atoms with E-state index in [-0.39, 0.29) is 24.0 Å². The molecule has 0 spiro atoms. The van der Waals surface area contributed by atoms with Gasteiger partial charge in [-0.3, -0.25) is 9.59 Å². The van der Waals surface area contributed by atoms with Crippen molar-refractivity contribution in [2.45, 2.75) is 38.7 Å². The third-order valence-electron chi connectivity index (χ3n) is 5.24. The Morgan fingerprint density at radius 3 is 2.80 bits per heavy atom. The molecule has 2 heterocycles. The Kier molecular flexibility index (Phi) is 5.28. The number of rotatable bonds is 6. The molecule has 0 saturated carbocycles. The monoisotopic (exact) mass is 410 g/mol. The number of methoxy groups -OCH3 is 1. The lowest BCUT2D eigenvalue weighted by Crippen LogP contribution is -2.25. The number of amides is 2. The number of nitrogens with zero attached hydrogens (tertiary/aromatic N) is 1. The van der Waals surface area contributed by atoms with Crippen molar-refractivity contribution < 1.29 is 23.8 Å². The van der Waals surface area contributed by atoms with Crippen LogP contribution in [0.1, 0.15) is 32.3 Å². The molecule has 1 saturated heterocycles. The van der Waals surface area contributed by atoms with Crippen LogP contribution in [0, 0.1) is 0 Å². The molecular formula is C23H26N2O5. The topological polar surface area (TPSA) is 77.1 Å². The fourth-order valence-corrected chi connectivity index (χ4v) is 3.92. The highest BCUT2D eigenvalue weighted by Gasteiger charge is 2.32. The molecule has 0 bridgehead atoms. The molecule has 0 aromatic heterocycles. The van der Waals surface area contributed by atoms with Crippen molar-refractivity contribution in [3.63, 3.8) is 0 Å². The number of hydrogen-bond acceptors (Lipinski definition) is 5. The fourth-order valence-electron chi connectivity index (χ4n) is 3.92. The van der Waals surface area contributed by atoms with Crippen LogP contribution >= 0.6 is 0 Å². The lowest BCUT2D eigenvalue weighted by molar-refractivity contribution is -0.118. The Morgan fingerprint density at radius 2 is 2.07 bits per heavy atom. The van der Waals surface area contributed by atoms with Gasteiger partial charge in [-0.1, -0.05) is 12.1 Å². The smallest absolute Gasteiger partial charge is 0.262 e. The molecule has 2 aliphatic heterocycles. The van der Waals surface area contributed by atoms with E-state index in [4.69, 9.17) is 14.2 Å². The third kappa shape index (κ3) is 4.06. The summed E-state index contributed by atoms with van der Waals surface area (Å²) in [4.78, 5) is 26.2. The van der Waals surface area contributed by atoms with Crippen molar-refractivity contribution in [1.29, 1.82) is 0 Å². The predicted molar refractivity (Wildman–Crippen MR) is 114 cm³/mol. The minimum absolute atomic E-state index is 0.0827. The van der Waals surface area contributed by atoms with Crippen molar-refractivity contribution in [3.8, 4) is 17.2 Å². The van der Waals surface area contributed by atoms with Gasteiger partial charge in [-0.25, -0.2) is 0 Å². The van der Waals surface area contributed by atoms with Crippen molar-refractivity contribution in [2.75, 3.05) is 30.5 Å². The van der Waals surface area contributed by atoms with Crippen LogP contribution in [0.4, 0.5) is 11.4 Å². The maximum atomic E-state index is 12.4. The van der Waals surface area contributed by atoms with Crippen LogP contribution in [0.5, 0.6) is 17.2 Å². The van der Waals surface area contributed by atoms with Crippen molar-refractivity contribution >= 4 is 23.2 Å². The minimum Gasteiger partial charge on any atom is -0.494 e. The van der Waals surface area contributed by atoms with Crippen LogP contribution in [0.15, 0.2) is 36.4 Å². The highest BCUT2D eigenvalue weighted by Crippen LogP contribution is 2.41. The quantitative estimate of drug-likeness (QED) is 0.788. The average molecular weight is 410 g/mol. The lowest BCUT2D eigenvalue weighted by atomic mass is 10.0. The van der Waals surface area contributed by atoms with Crippen LogP contribution in [0.2, 0.25) is 0 Å². The number of carbonyl (C=O) groups excluding carboxylic acids is 2. The number of fused-ring (bicyclic) bond motifs is 1. The summed E-state index contributed by atoms with van der Waals surface area (Å²) in [7, 11) is 1.55. The maximum Gasteiger partial charge on any atom is 0.262 e. The molecule has 2 aromatic rings. The molecule has 0 radical (unpaired) electrons. The molecule has 2 amide bonds. The van der Waals surface area contributed by atoms with Crippen LogP contribution < -0.4 is 24.4 Å². The highest BCUT2D eigenvalue weighted by atomic mass is 16.5. The molecule has 2 aromatic carbocycles. The summed E-state index contributed by atoms with van der Waals surface area (Å²) in [5, 5.41) is 2.81. The number of ether oxygens (including phenoxy) is 3. The van der Waals surface area contributed by atoms with Gasteiger partial charge in [0.15, 0.2) is 18.1 Å². The van der Waals surface area contributed by atoms with E-state index in [1.165, 1.54) is 0 Å². The average Bonchev–Trinajstić information content (AvgIpc) is 3.27. The van der Waals surface area contributed by atoms with Gasteiger partial charge in [0.2, 0.25) is 5.91 Å². The molecule has 2 aliphatic rings. The molecule has 4 rings (SSSR count). The van der Waals surface area contributed by atoms with Gasteiger partial charge in [-0.05, 0) is 38.5 Å². The summed E-state index contributed by atoms with van der Waals surface area (Å²) >= 11 is 0. The number of benzene rings is 2. The molecule has 158 valence electrons. The molecule has 1 N–H and O–H groups in total. The Morgan fingerprint density at radius 1 is 1.23 bits per heavy atom. The zero-order valence-corrected chi connectivity index (χ0v) is 17.5. The first-order valence-corrected chi connectivity index (χ1v) is 10.1. The number of hydrogen-bond donors (Lipinski definition) is 1. The van der Waals surface area contributed by atoms with E-state index in [2.05, 4.69) is 5.32 Å². The van der Waals surface area contributed by atoms with Crippen LogP contribution in [-0.2, 0) is 16.0 Å². The van der Waals surface area contributed by atoms with E-state index in [1.54, 1.807) is 36.3 Å². The van der Waals surface area contributed by atoms with Gasteiger partial charge in [-0.2, -0.15) is 0 Å². The molecule has 7 heteroatoms. The molecule has 7 nitrogen and oxygen atoms in total. The summed E-state index contributed by atoms with van der Waals surface area (Å²) in [5.41, 5.74) is 2.09. The van der Waals surface area contributed by atoms with E-state index < -0.39 is 0 Å². The number of carbonyl (C=O) groups is 2. The van der Waals surface area contributed by atoms with E-state index >= 15 is 0 Å². The molecule has 30 heavy (non-hydrogen) atoms. The van der Waals surface area contributed by atoms with Crippen molar-refractivity contribution in [3.05, 3.63) is 42.0 Å². The Bertz CT molecular complexity index is 986. The standard InChI is InChI=1S/C23H26N2O5/c1-23(2)13-15-6-4-7-18(22(15)30-23)29-14-20(26)24-16-9-10-17(19(12-16)28-3)25-11-5-8-21(25)27/h4,6-7,9-10,12H,5,8,11,13-14H2,1-3H3,(H,24,26). The Hall–Kier alpha value is -3.22. The third-order valence-corrected chi connectivity index (χ3v) is 5.24. The summed E-state index contributed by atoms with van der Waals surface area (Å²) in [5.74, 6) is 1.60. The number of anilines is 2. The summed E-state index contributed by atoms with van der Waals surface area (Å²) in [6, 6.07) is 11.0. The van der Waals surface area contributed by atoms with Gasteiger partial charge < -0.3 is 24.4 Å². The number of nitrogens with one attached hydrogen (secondary N) is 1. The second-order valence-electron chi connectivity index (χ2n) is 8.16. The van der Waals surface area contributed by atoms with Gasteiger partial charge >= 0.3 is 0 Å². The van der Waals surface area contributed by atoms with Crippen LogP contribution in [0.25, 0.3) is 0 Å². The zero-order valence-electron chi connectivity index (χ0n) is 17.5. The first kappa shape index (κ1) is 20.1. The van der Waals surface area contributed by atoms with Crippen LogP contribution in [0.3, 0.4) is 0 Å². The molecule has 0 atom stereocenters. The fraction of sp³-hybridized carbons (Fsp3) is 0.391. The second-order valence-corrected chi connectivity index (χ2v) is 8.16. The van der Waals surface area contributed by atoms with Gasteiger partial charge in [-0.15, -0.1) is 0 Å². The van der Waals surface area contributed by atoms with E-state index in [9.17, 15) is 9.59 Å². The Labute approximate surface area is 175 Å². The highest BCUT2D eigenvalue weighted by molar-refractivity contribution is 5.98. The largest absolute Gasteiger partial charge is 0.494 e. The van der Waals surface area contributed by atoms with Gasteiger partial charge in [0.25, 0.3) is 5.91 Å². The first-order valence-electron chi connectivity index (χ1n) is 10.1. The summed E-state index contributed by atoms with van der Waals surface area (Å²) in [6.07, 6.45) is 2.18. The summed E-state index contributed by atoms with van der Waals surface area (Å²) < 4.78 is 17.1. The predicted octanol–water partition coefficient (Wildman–Crippen LogP) is 3.55. The Balaban J connectivity index is 1.41. The van der Waals surface area contributed by atoms with Crippen molar-refractivity contribution in [2.24, 2.45) is 0 Å². The van der Waals surface area contributed by atoms with Gasteiger partial charge in [0.05, 0.1) is 12.8 Å².